The minimum absolute atomic E-state index is 0. The van der Waals surface area contributed by atoms with E-state index in [2.05, 4.69) is 49.5 Å². The highest BCUT2D eigenvalue weighted by Gasteiger charge is 2.63. The van der Waals surface area contributed by atoms with Crippen LogP contribution in [0, 0.1) is 5.92 Å². The summed E-state index contributed by atoms with van der Waals surface area (Å²) in [5.41, 5.74) is 2.05. The molecular formula is C22H28ClNO2. The molecule has 1 fully saturated rings. The molecular weight excluding hydrogens is 346 g/mol. The van der Waals surface area contributed by atoms with Gasteiger partial charge in [-0.25, -0.2) is 0 Å². The van der Waals surface area contributed by atoms with Gasteiger partial charge in [-0.2, -0.15) is 0 Å². The third-order valence-electron chi connectivity index (χ3n) is 5.31. The Hall–Kier alpha value is -1.84. The molecule has 2 aromatic rings. The number of hydrogen-bond donors (Lipinski definition) is 1. The van der Waals surface area contributed by atoms with Crippen molar-refractivity contribution in [3.05, 3.63) is 71.8 Å². The van der Waals surface area contributed by atoms with E-state index < -0.39 is 5.41 Å². The lowest BCUT2D eigenvalue weighted by Gasteiger charge is -2.19. The third-order valence-corrected chi connectivity index (χ3v) is 5.31. The predicted molar refractivity (Wildman–Crippen MR) is 99.6 cm³/mol. The lowest BCUT2D eigenvalue weighted by molar-refractivity contribution is -0.881. The first-order valence-electron chi connectivity index (χ1n) is 9.24. The van der Waals surface area contributed by atoms with E-state index in [1.54, 1.807) is 0 Å². The van der Waals surface area contributed by atoms with Crippen LogP contribution < -0.4 is 17.3 Å². The molecule has 0 heterocycles. The Bertz CT molecular complexity index is 692. The van der Waals surface area contributed by atoms with Crippen molar-refractivity contribution >= 4 is 5.97 Å². The van der Waals surface area contributed by atoms with Crippen LogP contribution in [0.2, 0.25) is 0 Å². The zero-order valence-corrected chi connectivity index (χ0v) is 16.3. The molecule has 1 aliphatic carbocycles. The Morgan fingerprint density at radius 3 is 2.35 bits per heavy atom. The van der Waals surface area contributed by atoms with Gasteiger partial charge < -0.3 is 22.0 Å². The number of halogens is 1. The smallest absolute Gasteiger partial charge is 0.317 e. The number of hydrogen-bond acceptors (Lipinski definition) is 2. The number of benzene rings is 2. The molecule has 3 nitrogen and oxygen atoms in total. The first-order valence-corrected chi connectivity index (χ1v) is 9.24. The number of nitrogens with one attached hydrogen (secondary N) is 1. The highest BCUT2D eigenvalue weighted by molar-refractivity contribution is 5.87. The predicted octanol–water partition coefficient (Wildman–Crippen LogP) is -0.731. The maximum atomic E-state index is 12.7. The van der Waals surface area contributed by atoms with Gasteiger partial charge in [0.2, 0.25) is 0 Å². The van der Waals surface area contributed by atoms with E-state index in [4.69, 9.17) is 4.74 Å². The van der Waals surface area contributed by atoms with Gasteiger partial charge >= 0.3 is 5.97 Å². The molecule has 0 saturated heterocycles. The average Bonchev–Trinajstić information content (AvgIpc) is 3.37. The molecule has 0 radical (unpaired) electrons. The van der Waals surface area contributed by atoms with Gasteiger partial charge in [-0.3, -0.25) is 4.79 Å². The lowest BCUT2D eigenvalue weighted by atomic mass is 9.93. The van der Waals surface area contributed by atoms with Gasteiger partial charge in [0.05, 0.1) is 26.7 Å². The monoisotopic (exact) mass is 373 g/mol. The molecule has 3 atom stereocenters. The van der Waals surface area contributed by atoms with Crippen molar-refractivity contribution < 1.29 is 26.8 Å². The van der Waals surface area contributed by atoms with Crippen LogP contribution in [-0.4, -0.2) is 32.7 Å². The molecule has 0 aromatic heterocycles. The highest BCUT2D eigenvalue weighted by atomic mass is 35.5. The lowest BCUT2D eigenvalue weighted by Crippen LogP contribution is -3.09. The maximum Gasteiger partial charge on any atom is 0.317 e. The summed E-state index contributed by atoms with van der Waals surface area (Å²) in [6.07, 6.45) is 1.97. The van der Waals surface area contributed by atoms with Gasteiger partial charge in [-0.1, -0.05) is 60.7 Å². The minimum atomic E-state index is -0.425. The number of ether oxygens (including phenoxy) is 1. The van der Waals surface area contributed by atoms with E-state index in [1.165, 1.54) is 10.5 Å². The highest BCUT2D eigenvalue weighted by Crippen LogP contribution is 2.54. The van der Waals surface area contributed by atoms with E-state index in [0.717, 1.165) is 31.5 Å². The van der Waals surface area contributed by atoms with Gasteiger partial charge in [-0.15, -0.1) is 0 Å². The summed E-state index contributed by atoms with van der Waals surface area (Å²) in [6.45, 7) is 4.40. The number of quaternary nitrogens is 1. The number of likely N-dealkylation sites (N-methyl/N-ethyl adjacent to an activating group) is 1. The number of esters is 1. The zero-order valence-electron chi connectivity index (χ0n) is 15.6. The molecule has 4 heteroatoms. The molecule has 2 aromatic carbocycles. The molecule has 1 N–H and O–H groups in total. The molecule has 1 unspecified atom stereocenters. The van der Waals surface area contributed by atoms with E-state index in [1.807, 2.05) is 25.1 Å². The minimum Gasteiger partial charge on any atom is -1.00 e. The van der Waals surface area contributed by atoms with Crippen LogP contribution in [0.15, 0.2) is 60.7 Å². The fraction of sp³-hybridized carbons (Fsp3) is 0.409. The molecule has 1 saturated carbocycles. The second kappa shape index (κ2) is 9.20. The Kier molecular flexibility index (Phi) is 7.24. The quantitative estimate of drug-likeness (QED) is 0.618. The summed E-state index contributed by atoms with van der Waals surface area (Å²) in [5, 5.41) is 0. The van der Waals surface area contributed by atoms with Crippen molar-refractivity contribution in [1.82, 2.24) is 0 Å². The normalized spacial score (nSPS) is 22.2. The summed E-state index contributed by atoms with van der Waals surface area (Å²) in [5.74, 6) is 0.312. The SMILES string of the molecule is CCOC(=O)[C@]1(c2ccccc2)C[C@@H]1C[NH+](C)CCc1ccccc1.[Cl-]. The molecule has 0 aliphatic heterocycles. The van der Waals surface area contributed by atoms with Crippen LogP contribution in [-0.2, 0) is 21.4 Å². The van der Waals surface area contributed by atoms with Crippen molar-refractivity contribution in [3.8, 4) is 0 Å². The summed E-state index contributed by atoms with van der Waals surface area (Å²) in [7, 11) is 2.22. The first kappa shape index (κ1) is 20.5. The van der Waals surface area contributed by atoms with Crippen LogP contribution in [0.25, 0.3) is 0 Å². The Morgan fingerprint density at radius 1 is 1.12 bits per heavy atom. The summed E-state index contributed by atoms with van der Waals surface area (Å²) >= 11 is 0. The van der Waals surface area contributed by atoms with Crippen molar-refractivity contribution in [1.29, 1.82) is 0 Å². The van der Waals surface area contributed by atoms with Crippen LogP contribution in [0.1, 0.15) is 24.5 Å². The molecule has 0 bridgehead atoms. The fourth-order valence-corrected chi connectivity index (χ4v) is 3.82. The molecule has 140 valence electrons. The van der Waals surface area contributed by atoms with Crippen molar-refractivity contribution in [2.45, 2.75) is 25.2 Å². The van der Waals surface area contributed by atoms with Gasteiger partial charge in [0.15, 0.2) is 0 Å². The van der Waals surface area contributed by atoms with Crippen molar-refractivity contribution in [3.63, 3.8) is 0 Å². The number of rotatable bonds is 8. The summed E-state index contributed by atoms with van der Waals surface area (Å²) in [4.78, 5) is 14.1. The Morgan fingerprint density at radius 2 is 1.73 bits per heavy atom. The number of carbonyl (C=O) groups excluding carboxylic acids is 1. The summed E-state index contributed by atoms with van der Waals surface area (Å²) < 4.78 is 5.42. The van der Waals surface area contributed by atoms with E-state index >= 15 is 0 Å². The molecule has 1 aliphatic rings. The fourth-order valence-electron chi connectivity index (χ4n) is 3.82. The maximum absolute atomic E-state index is 12.7. The Balaban J connectivity index is 0.00000243. The Labute approximate surface area is 162 Å². The van der Waals surface area contributed by atoms with Crippen molar-refractivity contribution in [2.24, 2.45) is 5.92 Å². The van der Waals surface area contributed by atoms with Gasteiger partial charge in [0.1, 0.15) is 5.41 Å². The second-order valence-electron chi connectivity index (χ2n) is 7.11. The second-order valence-corrected chi connectivity index (χ2v) is 7.11. The molecule has 26 heavy (non-hydrogen) atoms. The molecule has 0 amide bonds. The van der Waals surface area contributed by atoms with Crippen LogP contribution in [0.4, 0.5) is 0 Å². The molecule has 0 spiro atoms. The van der Waals surface area contributed by atoms with E-state index in [9.17, 15) is 4.79 Å². The van der Waals surface area contributed by atoms with Crippen LogP contribution in [0.5, 0.6) is 0 Å². The average molecular weight is 374 g/mol. The van der Waals surface area contributed by atoms with E-state index in [-0.39, 0.29) is 18.4 Å². The first-order chi connectivity index (χ1) is 12.2. The number of carbonyl (C=O) groups is 1. The van der Waals surface area contributed by atoms with Gasteiger partial charge in [0, 0.05) is 12.3 Å². The van der Waals surface area contributed by atoms with Crippen LogP contribution >= 0.6 is 0 Å². The largest absolute Gasteiger partial charge is 1.00 e. The van der Waals surface area contributed by atoms with E-state index in [0.29, 0.717) is 12.5 Å². The van der Waals surface area contributed by atoms with Gasteiger partial charge in [0.25, 0.3) is 0 Å². The summed E-state index contributed by atoms with van der Waals surface area (Å²) in [6, 6.07) is 20.7. The topological polar surface area (TPSA) is 30.7 Å². The van der Waals surface area contributed by atoms with Crippen LogP contribution in [0.3, 0.4) is 0 Å². The third kappa shape index (κ3) is 4.46. The van der Waals surface area contributed by atoms with Crippen molar-refractivity contribution in [2.75, 3.05) is 26.7 Å². The molecule has 3 rings (SSSR count). The van der Waals surface area contributed by atoms with Gasteiger partial charge in [-0.05, 0) is 24.5 Å². The zero-order chi connectivity index (χ0) is 17.7. The standard InChI is InChI=1S/C22H27NO2.ClH/c1-3-25-21(24)22(19-12-8-5-9-13-19)16-20(22)17-23(2)15-14-18-10-6-4-7-11-18;/h4-13,20H,3,14-17H2,1-2H3;1H/t20-,22+;/m1./s1.